The molecule has 2 heterocycles. The molecule has 82 valence electrons. The minimum Gasteiger partial charge on any atom is -0.444 e. The molecule has 16 heavy (non-hydrogen) atoms. The molecule has 2 aromatic heterocycles. The van der Waals surface area contributed by atoms with Crippen molar-refractivity contribution in [1.82, 2.24) is 4.98 Å². The van der Waals surface area contributed by atoms with E-state index in [0.29, 0.717) is 5.89 Å². The average Bonchev–Trinajstić information content (AvgIpc) is 2.83. The SMILES string of the molecule is Cc1cc(/C=C/C(N)=O)sc1-c1ncco1. The van der Waals surface area contributed by atoms with E-state index in [1.54, 1.807) is 12.3 Å². The largest absolute Gasteiger partial charge is 0.444 e. The average molecular weight is 234 g/mol. The molecule has 4 nitrogen and oxygen atoms in total. The Morgan fingerprint density at radius 1 is 1.62 bits per heavy atom. The van der Waals surface area contributed by atoms with Crippen molar-refractivity contribution in [3.63, 3.8) is 0 Å². The predicted octanol–water partition coefficient (Wildman–Crippen LogP) is 2.21. The van der Waals surface area contributed by atoms with Gasteiger partial charge in [0.15, 0.2) is 0 Å². The molecule has 5 heteroatoms. The van der Waals surface area contributed by atoms with E-state index in [9.17, 15) is 4.79 Å². The fourth-order valence-corrected chi connectivity index (χ4v) is 2.32. The van der Waals surface area contributed by atoms with Crippen molar-refractivity contribution in [1.29, 1.82) is 0 Å². The minimum atomic E-state index is -0.455. The molecule has 2 aromatic rings. The lowest BCUT2D eigenvalue weighted by molar-refractivity contribution is -0.113. The van der Waals surface area contributed by atoms with Crippen LogP contribution in [0.25, 0.3) is 16.8 Å². The predicted molar refractivity (Wildman–Crippen MR) is 62.8 cm³/mol. The second kappa shape index (κ2) is 4.32. The zero-order chi connectivity index (χ0) is 11.5. The zero-order valence-electron chi connectivity index (χ0n) is 8.64. The number of thiophene rings is 1. The third-order valence-corrected chi connectivity index (χ3v) is 3.17. The van der Waals surface area contributed by atoms with Gasteiger partial charge in [0, 0.05) is 11.0 Å². The normalized spacial score (nSPS) is 11.1. The van der Waals surface area contributed by atoms with Crippen molar-refractivity contribution >= 4 is 23.3 Å². The van der Waals surface area contributed by atoms with Crippen LogP contribution in [0, 0.1) is 6.92 Å². The van der Waals surface area contributed by atoms with E-state index < -0.39 is 5.91 Å². The molecule has 1 amide bonds. The number of hydrogen-bond donors (Lipinski definition) is 1. The number of carbonyl (C=O) groups is 1. The minimum absolute atomic E-state index is 0.455. The fourth-order valence-electron chi connectivity index (χ4n) is 1.30. The van der Waals surface area contributed by atoms with Crippen LogP contribution in [0.3, 0.4) is 0 Å². The summed E-state index contributed by atoms with van der Waals surface area (Å²) in [5, 5.41) is 0. The lowest BCUT2D eigenvalue weighted by Gasteiger charge is -1.89. The van der Waals surface area contributed by atoms with Gasteiger partial charge in [-0.1, -0.05) is 0 Å². The van der Waals surface area contributed by atoms with E-state index in [-0.39, 0.29) is 0 Å². The molecular weight excluding hydrogens is 224 g/mol. The number of rotatable bonds is 3. The van der Waals surface area contributed by atoms with Crippen LogP contribution in [0.4, 0.5) is 0 Å². The summed E-state index contributed by atoms with van der Waals surface area (Å²) in [6, 6.07) is 1.96. The maximum Gasteiger partial charge on any atom is 0.241 e. The van der Waals surface area contributed by atoms with E-state index in [4.69, 9.17) is 10.2 Å². The van der Waals surface area contributed by atoms with E-state index in [1.807, 2.05) is 13.0 Å². The Balaban J connectivity index is 2.33. The summed E-state index contributed by atoms with van der Waals surface area (Å²) in [7, 11) is 0. The number of nitrogens with zero attached hydrogens (tertiary/aromatic N) is 1. The first-order valence-corrected chi connectivity index (χ1v) is 5.46. The Kier molecular flexibility index (Phi) is 2.87. The van der Waals surface area contributed by atoms with Crippen LogP contribution in [0.5, 0.6) is 0 Å². The molecule has 0 aromatic carbocycles. The maximum atomic E-state index is 10.6. The van der Waals surface area contributed by atoms with Gasteiger partial charge in [-0.25, -0.2) is 4.98 Å². The number of aryl methyl sites for hydroxylation is 1. The number of primary amides is 1. The van der Waals surface area contributed by atoms with Crippen molar-refractivity contribution in [2.45, 2.75) is 6.92 Å². The van der Waals surface area contributed by atoms with Gasteiger partial charge in [0.05, 0.1) is 11.1 Å². The summed E-state index contributed by atoms with van der Waals surface area (Å²) in [6.45, 7) is 1.97. The van der Waals surface area contributed by atoms with Gasteiger partial charge in [-0.05, 0) is 24.6 Å². The summed E-state index contributed by atoms with van der Waals surface area (Å²) >= 11 is 1.51. The number of nitrogens with two attached hydrogens (primary N) is 1. The van der Waals surface area contributed by atoms with Crippen LogP contribution >= 0.6 is 11.3 Å². The molecule has 0 aliphatic carbocycles. The summed E-state index contributed by atoms with van der Waals surface area (Å²) in [5.41, 5.74) is 6.09. The Bertz CT molecular complexity index is 526. The number of oxazole rings is 1. The van der Waals surface area contributed by atoms with Crippen LogP contribution in [-0.2, 0) is 4.79 Å². The second-order valence-corrected chi connectivity index (χ2v) is 4.32. The summed E-state index contributed by atoms with van der Waals surface area (Å²) in [5.74, 6) is 0.143. The third-order valence-electron chi connectivity index (χ3n) is 1.98. The molecular formula is C11H10N2O2S. The van der Waals surface area contributed by atoms with Crippen LogP contribution in [-0.4, -0.2) is 10.9 Å². The molecule has 0 saturated heterocycles. The van der Waals surface area contributed by atoms with Crippen LogP contribution in [0.1, 0.15) is 10.4 Å². The quantitative estimate of drug-likeness (QED) is 0.828. The number of aromatic nitrogens is 1. The van der Waals surface area contributed by atoms with Gasteiger partial charge in [0.2, 0.25) is 11.8 Å². The van der Waals surface area contributed by atoms with Crippen molar-refractivity contribution < 1.29 is 9.21 Å². The maximum absolute atomic E-state index is 10.6. The van der Waals surface area contributed by atoms with Gasteiger partial charge in [-0.2, -0.15) is 0 Å². The molecule has 0 bridgehead atoms. The van der Waals surface area contributed by atoms with Gasteiger partial charge < -0.3 is 10.2 Å². The highest BCUT2D eigenvalue weighted by Gasteiger charge is 2.10. The Morgan fingerprint density at radius 2 is 2.44 bits per heavy atom. The molecule has 0 aliphatic heterocycles. The van der Waals surface area contributed by atoms with Crippen molar-refractivity contribution in [2.24, 2.45) is 5.73 Å². The number of hydrogen-bond acceptors (Lipinski definition) is 4. The van der Waals surface area contributed by atoms with Crippen molar-refractivity contribution in [3.8, 4) is 10.8 Å². The molecule has 0 spiro atoms. The molecule has 0 fully saturated rings. The van der Waals surface area contributed by atoms with Gasteiger partial charge >= 0.3 is 0 Å². The van der Waals surface area contributed by atoms with Gasteiger partial charge in [0.25, 0.3) is 0 Å². The molecule has 0 saturated carbocycles. The first kappa shape index (κ1) is 10.6. The standard InChI is InChI=1S/C11H10N2O2S/c1-7-6-8(2-3-9(12)14)16-10(7)11-13-4-5-15-11/h2-6H,1H3,(H2,12,14)/b3-2+. The van der Waals surface area contributed by atoms with Gasteiger partial charge in [-0.15, -0.1) is 11.3 Å². The van der Waals surface area contributed by atoms with E-state index in [0.717, 1.165) is 15.3 Å². The molecule has 0 unspecified atom stereocenters. The molecule has 2 N–H and O–H groups in total. The van der Waals surface area contributed by atoms with Gasteiger partial charge in [-0.3, -0.25) is 4.79 Å². The van der Waals surface area contributed by atoms with Crippen LogP contribution < -0.4 is 5.73 Å². The smallest absolute Gasteiger partial charge is 0.241 e. The summed E-state index contributed by atoms with van der Waals surface area (Å²) in [4.78, 5) is 16.6. The Morgan fingerprint density at radius 3 is 3.06 bits per heavy atom. The van der Waals surface area contributed by atoms with Crippen LogP contribution in [0.2, 0.25) is 0 Å². The molecule has 0 aliphatic rings. The number of amides is 1. The first-order valence-electron chi connectivity index (χ1n) is 4.64. The summed E-state index contributed by atoms with van der Waals surface area (Å²) < 4.78 is 5.22. The van der Waals surface area contributed by atoms with Crippen molar-refractivity contribution in [2.75, 3.05) is 0 Å². The second-order valence-electron chi connectivity index (χ2n) is 3.23. The highest BCUT2D eigenvalue weighted by atomic mass is 32.1. The first-order chi connectivity index (χ1) is 7.66. The monoisotopic (exact) mass is 234 g/mol. The molecule has 0 radical (unpaired) electrons. The lowest BCUT2D eigenvalue weighted by Crippen LogP contribution is -2.04. The molecule has 2 rings (SSSR count). The van der Waals surface area contributed by atoms with E-state index in [1.165, 1.54) is 23.7 Å². The third kappa shape index (κ3) is 2.20. The Hall–Kier alpha value is -1.88. The topological polar surface area (TPSA) is 69.1 Å². The molecule has 0 atom stereocenters. The summed E-state index contributed by atoms with van der Waals surface area (Å²) in [6.07, 6.45) is 6.16. The van der Waals surface area contributed by atoms with E-state index in [2.05, 4.69) is 4.98 Å². The highest BCUT2D eigenvalue weighted by molar-refractivity contribution is 7.16. The lowest BCUT2D eigenvalue weighted by atomic mass is 10.2. The number of carbonyl (C=O) groups excluding carboxylic acids is 1. The Labute approximate surface area is 96.4 Å². The highest BCUT2D eigenvalue weighted by Crippen LogP contribution is 2.31. The van der Waals surface area contributed by atoms with Crippen LogP contribution in [0.15, 0.2) is 29.0 Å². The van der Waals surface area contributed by atoms with Crippen molar-refractivity contribution in [3.05, 3.63) is 35.0 Å². The van der Waals surface area contributed by atoms with E-state index >= 15 is 0 Å². The fraction of sp³-hybridized carbons (Fsp3) is 0.0909. The zero-order valence-corrected chi connectivity index (χ0v) is 9.45. The van der Waals surface area contributed by atoms with Gasteiger partial charge in [0.1, 0.15) is 6.26 Å².